The number of hydrogen-bond donors (Lipinski definition) is 0. The maximum atomic E-state index is 13.7. The second kappa shape index (κ2) is 9.58. The van der Waals surface area contributed by atoms with Gasteiger partial charge in [0.25, 0.3) is 0 Å². The highest BCUT2D eigenvalue weighted by atomic mass is 19.4. The number of carbonyl (C=O) groups is 1. The van der Waals surface area contributed by atoms with Crippen LogP contribution in [0.25, 0.3) is 5.57 Å². The van der Waals surface area contributed by atoms with E-state index < -0.39 is 23.1 Å². The van der Waals surface area contributed by atoms with Crippen LogP contribution in [-0.4, -0.2) is 26.3 Å². The van der Waals surface area contributed by atoms with Crippen LogP contribution < -0.4 is 0 Å². The van der Waals surface area contributed by atoms with Crippen molar-refractivity contribution in [2.24, 2.45) is 0 Å². The summed E-state index contributed by atoms with van der Waals surface area (Å²) >= 11 is 0. The standard InChI is InChI=1S/C25H26F3NO3/c1-17(20-8-6-7-9-21(20)25(26,27)28)24(16-29,22(30)32-15-14-31-5)19-12-10-18(11-13-19)23(2,3)4/h6-13H,1,14-15H2,2-5H3. The van der Waals surface area contributed by atoms with Crippen molar-refractivity contribution < 1.29 is 27.4 Å². The van der Waals surface area contributed by atoms with Gasteiger partial charge in [0.2, 0.25) is 5.41 Å². The third kappa shape index (κ3) is 5.03. The molecular weight excluding hydrogens is 419 g/mol. The maximum Gasteiger partial charge on any atom is 0.416 e. The fourth-order valence-electron chi connectivity index (χ4n) is 3.33. The van der Waals surface area contributed by atoms with E-state index in [1.54, 1.807) is 24.3 Å². The van der Waals surface area contributed by atoms with Crippen molar-refractivity contribution in [1.29, 1.82) is 5.26 Å². The summed E-state index contributed by atoms with van der Waals surface area (Å²) in [6.45, 7) is 9.69. The van der Waals surface area contributed by atoms with Gasteiger partial charge < -0.3 is 9.47 Å². The Morgan fingerprint density at radius 3 is 2.06 bits per heavy atom. The minimum atomic E-state index is -4.70. The van der Waals surface area contributed by atoms with Crippen LogP contribution in [0, 0.1) is 11.3 Å². The lowest BCUT2D eigenvalue weighted by molar-refractivity contribution is -0.147. The lowest BCUT2D eigenvalue weighted by Crippen LogP contribution is -2.38. The summed E-state index contributed by atoms with van der Waals surface area (Å²) in [6.07, 6.45) is -4.70. The molecule has 32 heavy (non-hydrogen) atoms. The topological polar surface area (TPSA) is 59.3 Å². The summed E-state index contributed by atoms with van der Waals surface area (Å²) in [5.41, 5.74) is -2.90. The highest BCUT2D eigenvalue weighted by Crippen LogP contribution is 2.43. The van der Waals surface area contributed by atoms with Gasteiger partial charge in [-0.15, -0.1) is 0 Å². The Morgan fingerprint density at radius 1 is 1.00 bits per heavy atom. The summed E-state index contributed by atoms with van der Waals surface area (Å²) in [7, 11) is 1.41. The fourth-order valence-corrected chi connectivity index (χ4v) is 3.33. The molecule has 0 bridgehead atoms. The largest absolute Gasteiger partial charge is 0.462 e. The Labute approximate surface area is 186 Å². The van der Waals surface area contributed by atoms with Gasteiger partial charge in [-0.3, -0.25) is 0 Å². The molecule has 4 nitrogen and oxygen atoms in total. The van der Waals surface area contributed by atoms with Crippen LogP contribution in [0.3, 0.4) is 0 Å². The Morgan fingerprint density at radius 2 is 1.56 bits per heavy atom. The lowest BCUT2D eigenvalue weighted by Gasteiger charge is -2.30. The van der Waals surface area contributed by atoms with E-state index in [4.69, 9.17) is 9.47 Å². The number of carbonyl (C=O) groups excluding carboxylic acids is 1. The van der Waals surface area contributed by atoms with Crippen LogP contribution in [0.4, 0.5) is 13.2 Å². The summed E-state index contributed by atoms with van der Waals surface area (Å²) < 4.78 is 51.1. The number of methoxy groups -OCH3 is 1. The molecule has 0 amide bonds. The van der Waals surface area contributed by atoms with Crippen LogP contribution in [-0.2, 0) is 31.3 Å². The van der Waals surface area contributed by atoms with E-state index in [9.17, 15) is 23.2 Å². The van der Waals surface area contributed by atoms with Crippen LogP contribution in [0.2, 0.25) is 0 Å². The quantitative estimate of drug-likeness (QED) is 0.407. The van der Waals surface area contributed by atoms with Crippen molar-refractivity contribution in [3.8, 4) is 6.07 Å². The number of halogens is 3. The van der Waals surface area contributed by atoms with Crippen molar-refractivity contribution in [3.05, 3.63) is 77.4 Å². The molecule has 0 radical (unpaired) electrons. The number of nitrogens with zero attached hydrogens (tertiary/aromatic N) is 1. The highest BCUT2D eigenvalue weighted by Gasteiger charge is 2.48. The van der Waals surface area contributed by atoms with Crippen LogP contribution >= 0.6 is 0 Å². The molecular formula is C25H26F3NO3. The van der Waals surface area contributed by atoms with Crippen LogP contribution in [0.15, 0.2) is 55.1 Å². The second-order valence-electron chi connectivity index (χ2n) is 8.34. The summed E-state index contributed by atoms with van der Waals surface area (Å²) in [6, 6.07) is 13.2. The van der Waals surface area contributed by atoms with Gasteiger partial charge in [0.05, 0.1) is 18.2 Å². The first-order chi connectivity index (χ1) is 14.9. The average Bonchev–Trinajstić information content (AvgIpc) is 2.74. The van der Waals surface area contributed by atoms with E-state index in [0.29, 0.717) is 0 Å². The molecule has 0 saturated heterocycles. The van der Waals surface area contributed by atoms with Crippen molar-refractivity contribution in [1.82, 2.24) is 0 Å². The predicted octanol–water partition coefficient (Wildman–Crippen LogP) is 5.67. The summed E-state index contributed by atoms with van der Waals surface area (Å²) in [5.74, 6) is -1.01. The minimum Gasteiger partial charge on any atom is -0.462 e. The molecule has 2 aromatic carbocycles. The number of benzene rings is 2. The molecule has 0 fully saturated rings. The fraction of sp³-hybridized carbons (Fsp3) is 0.360. The second-order valence-corrected chi connectivity index (χ2v) is 8.34. The molecule has 0 N–H and O–H groups in total. The zero-order valence-corrected chi connectivity index (χ0v) is 18.5. The Kier molecular flexibility index (Phi) is 7.53. The van der Waals surface area contributed by atoms with E-state index in [1.807, 2.05) is 26.8 Å². The smallest absolute Gasteiger partial charge is 0.416 e. The number of nitriles is 1. The molecule has 0 aliphatic carbocycles. The SMILES string of the molecule is C=C(c1ccccc1C(F)(F)F)C(C#N)(C(=O)OCCOC)c1ccc(C(C)(C)C)cc1. The zero-order chi connectivity index (χ0) is 24.2. The number of ether oxygens (including phenoxy) is 2. The van der Waals surface area contributed by atoms with Gasteiger partial charge in [0.1, 0.15) is 6.61 Å². The predicted molar refractivity (Wildman–Crippen MR) is 116 cm³/mol. The Bertz CT molecular complexity index is 1010. The zero-order valence-electron chi connectivity index (χ0n) is 18.5. The van der Waals surface area contributed by atoms with Crippen molar-refractivity contribution in [3.63, 3.8) is 0 Å². The number of esters is 1. The molecule has 0 aliphatic rings. The molecule has 2 rings (SSSR count). The Hall–Kier alpha value is -3.11. The third-order valence-electron chi connectivity index (χ3n) is 5.19. The molecule has 0 aromatic heterocycles. The van der Waals surface area contributed by atoms with Gasteiger partial charge in [-0.1, -0.05) is 69.8 Å². The van der Waals surface area contributed by atoms with Gasteiger partial charge in [-0.2, -0.15) is 18.4 Å². The van der Waals surface area contributed by atoms with Gasteiger partial charge >= 0.3 is 12.1 Å². The lowest BCUT2D eigenvalue weighted by atomic mass is 9.71. The number of hydrogen-bond acceptors (Lipinski definition) is 4. The molecule has 7 heteroatoms. The minimum absolute atomic E-state index is 0.0713. The monoisotopic (exact) mass is 445 g/mol. The Balaban J connectivity index is 2.71. The number of alkyl halides is 3. The van der Waals surface area contributed by atoms with Gasteiger partial charge in [0.15, 0.2) is 0 Å². The number of rotatable bonds is 7. The van der Waals surface area contributed by atoms with Crippen LogP contribution in [0.1, 0.15) is 43.0 Å². The van der Waals surface area contributed by atoms with Crippen molar-refractivity contribution in [2.75, 3.05) is 20.3 Å². The molecule has 1 atom stereocenters. The van der Waals surface area contributed by atoms with E-state index in [1.165, 1.54) is 25.3 Å². The maximum absolute atomic E-state index is 13.7. The van der Waals surface area contributed by atoms with Crippen molar-refractivity contribution >= 4 is 11.5 Å². The van der Waals surface area contributed by atoms with Crippen LogP contribution in [0.5, 0.6) is 0 Å². The molecule has 0 aliphatic heterocycles. The summed E-state index contributed by atoms with van der Waals surface area (Å²) in [5, 5.41) is 10.2. The first kappa shape index (κ1) is 25.2. The van der Waals surface area contributed by atoms with Gasteiger partial charge in [-0.05, 0) is 33.7 Å². The van der Waals surface area contributed by atoms with E-state index in [-0.39, 0.29) is 35.3 Å². The molecule has 0 spiro atoms. The van der Waals surface area contributed by atoms with Gasteiger partial charge in [0, 0.05) is 7.11 Å². The van der Waals surface area contributed by atoms with E-state index in [0.717, 1.165) is 11.6 Å². The normalized spacial score (nSPS) is 13.7. The molecule has 1 unspecified atom stereocenters. The van der Waals surface area contributed by atoms with Crippen molar-refractivity contribution in [2.45, 2.75) is 37.8 Å². The first-order valence-electron chi connectivity index (χ1n) is 9.94. The molecule has 2 aromatic rings. The third-order valence-corrected chi connectivity index (χ3v) is 5.19. The van der Waals surface area contributed by atoms with E-state index >= 15 is 0 Å². The summed E-state index contributed by atoms with van der Waals surface area (Å²) in [4.78, 5) is 13.2. The van der Waals surface area contributed by atoms with Gasteiger partial charge in [-0.25, -0.2) is 4.79 Å². The molecule has 0 heterocycles. The highest BCUT2D eigenvalue weighted by molar-refractivity contribution is 6.02. The average molecular weight is 445 g/mol. The van der Waals surface area contributed by atoms with E-state index in [2.05, 4.69) is 6.58 Å². The molecule has 0 saturated carbocycles. The first-order valence-corrected chi connectivity index (χ1v) is 9.94. The molecule has 170 valence electrons.